The van der Waals surface area contributed by atoms with Gasteiger partial charge in [0.1, 0.15) is 5.75 Å². The molecule has 120 valence electrons. The van der Waals surface area contributed by atoms with Gasteiger partial charge in [0.2, 0.25) is 0 Å². The first kappa shape index (κ1) is 13.6. The number of benzene rings is 1. The van der Waals surface area contributed by atoms with E-state index in [1.54, 1.807) is 11.1 Å². The molecule has 23 heavy (non-hydrogen) atoms. The van der Waals surface area contributed by atoms with Crippen molar-refractivity contribution in [2.24, 2.45) is 5.92 Å². The van der Waals surface area contributed by atoms with Crippen LogP contribution in [0.25, 0.3) is 0 Å². The van der Waals surface area contributed by atoms with Gasteiger partial charge in [0, 0.05) is 5.92 Å². The number of hydrogen-bond acceptors (Lipinski definition) is 2. The highest BCUT2D eigenvalue weighted by atomic mass is 16.5. The summed E-state index contributed by atoms with van der Waals surface area (Å²) in [6, 6.07) is 8.06. The van der Waals surface area contributed by atoms with Crippen molar-refractivity contribution in [3.05, 3.63) is 41.0 Å². The molecule has 3 heteroatoms. The molecule has 2 saturated carbocycles. The fraction of sp³-hybridized carbons (Fsp3) is 0.550. The molecular weight excluding hydrogens is 286 g/mol. The van der Waals surface area contributed by atoms with Crippen molar-refractivity contribution in [2.45, 2.75) is 63.6 Å². The van der Waals surface area contributed by atoms with Crippen molar-refractivity contribution in [3.8, 4) is 5.75 Å². The predicted molar refractivity (Wildman–Crippen MR) is 88.3 cm³/mol. The van der Waals surface area contributed by atoms with Gasteiger partial charge in [0.15, 0.2) is 6.23 Å². The Bertz CT molecular complexity index is 693. The van der Waals surface area contributed by atoms with Crippen molar-refractivity contribution in [3.63, 3.8) is 0 Å². The van der Waals surface area contributed by atoms with Crippen LogP contribution in [0, 0.1) is 5.92 Å². The molecule has 1 aromatic rings. The third-order valence-corrected chi connectivity index (χ3v) is 6.20. The van der Waals surface area contributed by atoms with Gasteiger partial charge in [-0.3, -0.25) is 9.69 Å². The second-order valence-corrected chi connectivity index (χ2v) is 7.38. The second-order valence-electron chi connectivity index (χ2n) is 7.38. The van der Waals surface area contributed by atoms with Gasteiger partial charge in [-0.05, 0) is 56.2 Å². The number of nitrogens with zero attached hydrogens (tertiary/aromatic N) is 1. The summed E-state index contributed by atoms with van der Waals surface area (Å²) in [6.45, 7) is 0. The van der Waals surface area contributed by atoms with Gasteiger partial charge in [-0.25, -0.2) is 0 Å². The maximum atomic E-state index is 13.2. The van der Waals surface area contributed by atoms with E-state index in [-0.39, 0.29) is 12.1 Å². The Kier molecular flexibility index (Phi) is 3.04. The maximum Gasteiger partial charge on any atom is 0.260 e. The Labute approximate surface area is 137 Å². The number of carbonyl (C=O) groups is 1. The molecule has 4 aliphatic rings. The summed E-state index contributed by atoms with van der Waals surface area (Å²) in [5, 5.41) is 0. The molecular formula is C20H23NO2. The third-order valence-electron chi connectivity index (χ3n) is 6.20. The molecule has 0 saturated heterocycles. The number of para-hydroxylation sites is 1. The Morgan fingerprint density at radius 2 is 1.74 bits per heavy atom. The summed E-state index contributed by atoms with van der Waals surface area (Å²) in [4.78, 5) is 15.3. The highest BCUT2D eigenvalue weighted by Gasteiger charge is 2.49. The minimum absolute atomic E-state index is 0.0699. The number of hydrogen-bond donors (Lipinski definition) is 0. The smallest absolute Gasteiger partial charge is 0.260 e. The standard InChI is InChI=1S/C20H23NO2/c22-19-16-10-4-6-12-18(16)23-20-15-9-2-1-7-13(15)14-8-3-5-11-17(14)21(19)20/h4,6,10,12,15,17,20H,1-3,5,7-9,11H2/t15-,17?,20+/m1/s1. The van der Waals surface area contributed by atoms with Gasteiger partial charge >= 0.3 is 0 Å². The van der Waals surface area contributed by atoms with Crippen LogP contribution in [-0.2, 0) is 0 Å². The lowest BCUT2D eigenvalue weighted by Crippen LogP contribution is -2.60. The van der Waals surface area contributed by atoms with Gasteiger partial charge in [-0.1, -0.05) is 30.5 Å². The van der Waals surface area contributed by atoms with E-state index < -0.39 is 0 Å². The lowest BCUT2D eigenvalue weighted by Gasteiger charge is -2.52. The van der Waals surface area contributed by atoms with Crippen molar-refractivity contribution in [1.29, 1.82) is 0 Å². The molecule has 0 spiro atoms. The van der Waals surface area contributed by atoms with Crippen LogP contribution >= 0.6 is 0 Å². The molecule has 0 N–H and O–H groups in total. The van der Waals surface area contributed by atoms with Crippen LogP contribution in [0.3, 0.4) is 0 Å². The molecule has 0 bridgehead atoms. The average Bonchev–Trinajstić information content (AvgIpc) is 2.62. The predicted octanol–water partition coefficient (Wildman–Crippen LogP) is 4.29. The van der Waals surface area contributed by atoms with E-state index in [2.05, 4.69) is 4.90 Å². The molecule has 2 aliphatic carbocycles. The van der Waals surface area contributed by atoms with Crippen LogP contribution < -0.4 is 4.74 Å². The fourth-order valence-electron chi connectivity index (χ4n) is 5.21. The quantitative estimate of drug-likeness (QED) is 0.669. The van der Waals surface area contributed by atoms with E-state index in [9.17, 15) is 4.79 Å². The largest absolute Gasteiger partial charge is 0.469 e. The Balaban J connectivity index is 1.65. The van der Waals surface area contributed by atoms with E-state index in [1.165, 1.54) is 44.9 Å². The third kappa shape index (κ3) is 1.92. The first-order valence-corrected chi connectivity index (χ1v) is 9.15. The highest BCUT2D eigenvalue weighted by molar-refractivity contribution is 5.98. The lowest BCUT2D eigenvalue weighted by molar-refractivity contribution is -0.0445. The molecule has 1 amide bonds. The zero-order valence-electron chi connectivity index (χ0n) is 13.5. The molecule has 0 aromatic heterocycles. The number of ether oxygens (including phenoxy) is 1. The average molecular weight is 309 g/mol. The van der Waals surface area contributed by atoms with Crippen molar-refractivity contribution >= 4 is 5.91 Å². The molecule has 1 aromatic carbocycles. The normalized spacial score (nSPS) is 32.4. The topological polar surface area (TPSA) is 29.5 Å². The van der Waals surface area contributed by atoms with Gasteiger partial charge < -0.3 is 4.74 Å². The van der Waals surface area contributed by atoms with Crippen LogP contribution in [0.5, 0.6) is 5.75 Å². The molecule has 3 nitrogen and oxygen atoms in total. The lowest BCUT2D eigenvalue weighted by atomic mass is 9.71. The minimum atomic E-state index is -0.0699. The zero-order valence-corrected chi connectivity index (χ0v) is 13.5. The summed E-state index contributed by atoms with van der Waals surface area (Å²) in [5.74, 6) is 1.39. The fourth-order valence-corrected chi connectivity index (χ4v) is 5.21. The van der Waals surface area contributed by atoms with Gasteiger partial charge in [0.05, 0.1) is 11.6 Å². The van der Waals surface area contributed by atoms with Crippen LogP contribution in [0.4, 0.5) is 0 Å². The molecule has 1 unspecified atom stereocenters. The van der Waals surface area contributed by atoms with E-state index in [0.29, 0.717) is 12.0 Å². The summed E-state index contributed by atoms with van der Waals surface area (Å²) >= 11 is 0. The Morgan fingerprint density at radius 1 is 0.957 bits per heavy atom. The monoisotopic (exact) mass is 309 g/mol. The molecule has 2 aliphatic heterocycles. The van der Waals surface area contributed by atoms with Crippen LogP contribution in [0.1, 0.15) is 61.7 Å². The Hall–Kier alpha value is -1.77. The van der Waals surface area contributed by atoms with Crippen molar-refractivity contribution in [2.75, 3.05) is 0 Å². The van der Waals surface area contributed by atoms with E-state index in [4.69, 9.17) is 4.74 Å². The first-order chi connectivity index (χ1) is 11.3. The van der Waals surface area contributed by atoms with Gasteiger partial charge in [-0.15, -0.1) is 0 Å². The highest BCUT2D eigenvalue weighted by Crippen LogP contribution is 2.48. The summed E-state index contributed by atoms with van der Waals surface area (Å²) in [5.41, 5.74) is 3.98. The second kappa shape index (κ2) is 5.12. The molecule has 3 atom stereocenters. The van der Waals surface area contributed by atoms with Crippen LogP contribution in [0.2, 0.25) is 0 Å². The van der Waals surface area contributed by atoms with E-state index >= 15 is 0 Å². The number of amides is 1. The molecule has 2 heterocycles. The summed E-state index contributed by atoms with van der Waals surface area (Å²) in [6.07, 6.45) is 9.70. The van der Waals surface area contributed by atoms with Crippen LogP contribution in [-0.4, -0.2) is 23.1 Å². The number of rotatable bonds is 0. The maximum absolute atomic E-state index is 13.2. The van der Waals surface area contributed by atoms with Crippen LogP contribution in [0.15, 0.2) is 35.4 Å². The van der Waals surface area contributed by atoms with E-state index in [1.807, 2.05) is 24.3 Å². The molecule has 5 rings (SSSR count). The minimum Gasteiger partial charge on any atom is -0.469 e. The molecule has 0 radical (unpaired) electrons. The van der Waals surface area contributed by atoms with Crippen molar-refractivity contribution in [1.82, 2.24) is 4.90 Å². The Morgan fingerprint density at radius 3 is 2.65 bits per heavy atom. The first-order valence-electron chi connectivity index (χ1n) is 9.15. The number of carbonyl (C=O) groups excluding carboxylic acids is 1. The summed E-state index contributed by atoms with van der Waals surface area (Å²) < 4.78 is 6.40. The van der Waals surface area contributed by atoms with Gasteiger partial charge in [0.25, 0.3) is 5.91 Å². The van der Waals surface area contributed by atoms with Gasteiger partial charge in [-0.2, -0.15) is 0 Å². The van der Waals surface area contributed by atoms with Crippen molar-refractivity contribution < 1.29 is 9.53 Å². The molecule has 2 fully saturated rings. The summed E-state index contributed by atoms with van der Waals surface area (Å²) in [7, 11) is 0. The van der Waals surface area contributed by atoms with E-state index in [0.717, 1.165) is 17.7 Å². The number of fused-ring (bicyclic) bond motifs is 6. The zero-order chi connectivity index (χ0) is 15.4. The SMILES string of the molecule is O=C1c2ccccc2O[C@H]2[C@@H]3CCCCC3=C3CCCCC3N12.